The third-order valence-corrected chi connectivity index (χ3v) is 4.19. The first kappa shape index (κ1) is 13.7. The molecule has 1 fully saturated rings. The predicted octanol–water partition coefficient (Wildman–Crippen LogP) is 3.18. The van der Waals surface area contributed by atoms with Crippen molar-refractivity contribution < 1.29 is 4.74 Å². The first-order valence-electron chi connectivity index (χ1n) is 7.56. The van der Waals surface area contributed by atoms with Crippen molar-refractivity contribution in [2.75, 3.05) is 20.2 Å². The maximum Gasteiger partial charge on any atom is 0.0702 e. The average molecular weight is 272 g/mol. The number of likely N-dealkylation sites (N-methyl/N-ethyl adjacent to an activating group) is 1. The molecule has 3 nitrogen and oxygen atoms in total. The van der Waals surface area contributed by atoms with E-state index < -0.39 is 0 Å². The summed E-state index contributed by atoms with van der Waals surface area (Å²) < 4.78 is 8.00. The zero-order valence-electron chi connectivity index (χ0n) is 12.5. The Hall–Kier alpha value is -1.32. The molecule has 1 saturated heterocycles. The highest BCUT2D eigenvalue weighted by Gasteiger charge is 2.16. The molecule has 1 aromatic carbocycles. The van der Waals surface area contributed by atoms with Crippen LogP contribution in [0.1, 0.15) is 24.8 Å². The van der Waals surface area contributed by atoms with Crippen LogP contribution in [0.25, 0.3) is 10.9 Å². The summed E-state index contributed by atoms with van der Waals surface area (Å²) in [6, 6.07) is 8.92. The highest BCUT2D eigenvalue weighted by molar-refractivity contribution is 5.80. The lowest BCUT2D eigenvalue weighted by Gasteiger charge is -2.27. The van der Waals surface area contributed by atoms with E-state index in [0.717, 1.165) is 19.7 Å². The van der Waals surface area contributed by atoms with Gasteiger partial charge in [0.25, 0.3) is 0 Å². The van der Waals surface area contributed by atoms with Crippen molar-refractivity contribution >= 4 is 10.9 Å². The Morgan fingerprint density at radius 3 is 3.00 bits per heavy atom. The molecule has 1 aliphatic rings. The number of nitrogens with zero attached hydrogens (tertiary/aromatic N) is 2. The number of fused-ring (bicyclic) bond motifs is 1. The molecule has 1 atom stereocenters. The lowest BCUT2D eigenvalue weighted by atomic mass is 10.1. The fraction of sp³-hybridized carbons (Fsp3) is 0.529. The topological polar surface area (TPSA) is 17.4 Å². The Morgan fingerprint density at radius 1 is 1.30 bits per heavy atom. The van der Waals surface area contributed by atoms with E-state index in [1.165, 1.54) is 35.7 Å². The summed E-state index contributed by atoms with van der Waals surface area (Å²) in [5, 5.41) is 1.31. The summed E-state index contributed by atoms with van der Waals surface area (Å²) in [7, 11) is 4.29. The first-order chi connectivity index (χ1) is 9.72. The smallest absolute Gasteiger partial charge is 0.0702 e. The quantitative estimate of drug-likeness (QED) is 0.850. The van der Waals surface area contributed by atoms with Crippen LogP contribution >= 0.6 is 0 Å². The van der Waals surface area contributed by atoms with Gasteiger partial charge in [0.15, 0.2) is 0 Å². The fourth-order valence-corrected chi connectivity index (χ4v) is 3.08. The van der Waals surface area contributed by atoms with Crippen molar-refractivity contribution in [2.24, 2.45) is 7.05 Å². The third kappa shape index (κ3) is 3.05. The van der Waals surface area contributed by atoms with E-state index in [0.29, 0.717) is 6.10 Å². The zero-order valence-corrected chi connectivity index (χ0v) is 12.5. The highest BCUT2D eigenvalue weighted by atomic mass is 16.5. The number of hydrogen-bond donors (Lipinski definition) is 0. The monoisotopic (exact) mass is 272 g/mol. The Balaban J connectivity index is 1.64. The molecule has 0 spiro atoms. The molecule has 20 heavy (non-hydrogen) atoms. The molecule has 2 aromatic rings. The summed E-state index contributed by atoms with van der Waals surface area (Å²) in [6.07, 6.45) is 6.29. The molecule has 1 aliphatic heterocycles. The Kier molecular flexibility index (Phi) is 4.08. The van der Waals surface area contributed by atoms with E-state index >= 15 is 0 Å². The summed E-state index contributed by atoms with van der Waals surface area (Å²) >= 11 is 0. The van der Waals surface area contributed by atoms with Crippen molar-refractivity contribution in [1.29, 1.82) is 0 Å². The van der Waals surface area contributed by atoms with Gasteiger partial charge >= 0.3 is 0 Å². The molecule has 1 aromatic heterocycles. The number of aromatic nitrogens is 1. The van der Waals surface area contributed by atoms with Gasteiger partial charge in [0.2, 0.25) is 0 Å². The lowest BCUT2D eigenvalue weighted by molar-refractivity contribution is -0.00258. The minimum absolute atomic E-state index is 0.424. The van der Waals surface area contributed by atoms with Crippen LogP contribution < -0.4 is 0 Å². The van der Waals surface area contributed by atoms with E-state index in [1.54, 1.807) is 0 Å². The normalized spacial score (nSPS) is 19.9. The van der Waals surface area contributed by atoms with Crippen LogP contribution in [0.3, 0.4) is 0 Å². The van der Waals surface area contributed by atoms with Gasteiger partial charge in [-0.3, -0.25) is 4.90 Å². The van der Waals surface area contributed by atoms with Crippen molar-refractivity contribution in [3.05, 3.63) is 36.0 Å². The van der Waals surface area contributed by atoms with E-state index in [9.17, 15) is 0 Å². The van der Waals surface area contributed by atoms with Crippen molar-refractivity contribution in [3.8, 4) is 0 Å². The van der Waals surface area contributed by atoms with Crippen LogP contribution in [0.5, 0.6) is 0 Å². The Bertz CT molecular complexity index is 569. The van der Waals surface area contributed by atoms with Gasteiger partial charge in [0.1, 0.15) is 0 Å². The second kappa shape index (κ2) is 5.98. The highest BCUT2D eigenvalue weighted by Crippen LogP contribution is 2.18. The third-order valence-electron chi connectivity index (χ3n) is 4.19. The van der Waals surface area contributed by atoms with Crippen LogP contribution in [-0.2, 0) is 18.3 Å². The number of rotatable bonds is 4. The number of ether oxygens (including phenoxy) is 1. The van der Waals surface area contributed by atoms with E-state index in [4.69, 9.17) is 4.74 Å². The molecule has 0 amide bonds. The molecule has 3 heteroatoms. The SMILES string of the molecule is CN(Cc1ccc2ccn(C)c2c1)CC1CCCCO1. The van der Waals surface area contributed by atoms with Crippen LogP contribution in [0.15, 0.2) is 30.5 Å². The van der Waals surface area contributed by atoms with Crippen LogP contribution in [0.4, 0.5) is 0 Å². The van der Waals surface area contributed by atoms with Gasteiger partial charge in [-0.15, -0.1) is 0 Å². The van der Waals surface area contributed by atoms with E-state index in [1.807, 2.05) is 0 Å². The first-order valence-corrected chi connectivity index (χ1v) is 7.56. The molecule has 108 valence electrons. The molecule has 3 rings (SSSR count). The lowest BCUT2D eigenvalue weighted by Crippen LogP contribution is -2.33. The summed E-state index contributed by atoms with van der Waals surface area (Å²) in [4.78, 5) is 2.38. The molecular weight excluding hydrogens is 248 g/mol. The number of benzene rings is 1. The Labute approximate surface area is 121 Å². The van der Waals surface area contributed by atoms with Crippen molar-refractivity contribution in [3.63, 3.8) is 0 Å². The van der Waals surface area contributed by atoms with E-state index in [-0.39, 0.29) is 0 Å². The van der Waals surface area contributed by atoms with Gasteiger partial charge in [0, 0.05) is 38.5 Å². The van der Waals surface area contributed by atoms with Gasteiger partial charge in [-0.2, -0.15) is 0 Å². The van der Waals surface area contributed by atoms with Crippen LogP contribution in [0.2, 0.25) is 0 Å². The largest absolute Gasteiger partial charge is 0.377 e. The minimum atomic E-state index is 0.424. The Morgan fingerprint density at radius 2 is 2.20 bits per heavy atom. The maximum absolute atomic E-state index is 5.82. The summed E-state index contributed by atoms with van der Waals surface area (Å²) in [5.41, 5.74) is 2.68. The number of hydrogen-bond acceptors (Lipinski definition) is 2. The minimum Gasteiger partial charge on any atom is -0.377 e. The molecule has 2 heterocycles. The molecule has 0 radical (unpaired) electrons. The zero-order chi connectivity index (χ0) is 13.9. The molecule has 1 unspecified atom stereocenters. The van der Waals surface area contributed by atoms with Crippen molar-refractivity contribution in [1.82, 2.24) is 9.47 Å². The molecule has 0 bridgehead atoms. The summed E-state index contributed by atoms with van der Waals surface area (Å²) in [5.74, 6) is 0. The molecule has 0 saturated carbocycles. The van der Waals surface area contributed by atoms with Gasteiger partial charge in [-0.1, -0.05) is 12.1 Å². The van der Waals surface area contributed by atoms with Crippen molar-refractivity contribution in [2.45, 2.75) is 31.9 Å². The predicted molar refractivity (Wildman–Crippen MR) is 82.8 cm³/mol. The second-order valence-corrected chi connectivity index (χ2v) is 6.01. The average Bonchev–Trinajstić information content (AvgIpc) is 2.81. The second-order valence-electron chi connectivity index (χ2n) is 6.01. The van der Waals surface area contributed by atoms with Crippen LogP contribution in [0, 0.1) is 0 Å². The fourth-order valence-electron chi connectivity index (χ4n) is 3.08. The summed E-state index contributed by atoms with van der Waals surface area (Å²) in [6.45, 7) is 2.96. The molecule has 0 N–H and O–H groups in total. The maximum atomic E-state index is 5.82. The number of aryl methyl sites for hydroxylation is 1. The standard InChI is InChI=1S/C17H24N2O/c1-18(13-16-5-3-4-10-20-16)12-14-6-7-15-8-9-19(2)17(15)11-14/h6-9,11,16H,3-5,10,12-13H2,1-2H3. The van der Waals surface area contributed by atoms with E-state index in [2.05, 4.69) is 54.0 Å². The van der Waals surface area contributed by atoms with Gasteiger partial charge in [-0.25, -0.2) is 0 Å². The molecule has 0 aliphatic carbocycles. The van der Waals surface area contributed by atoms with Gasteiger partial charge in [0.05, 0.1) is 6.10 Å². The van der Waals surface area contributed by atoms with Gasteiger partial charge in [-0.05, 0) is 49.4 Å². The molecular formula is C17H24N2O. The van der Waals surface area contributed by atoms with Crippen LogP contribution in [-0.4, -0.2) is 35.8 Å². The van der Waals surface area contributed by atoms with Gasteiger partial charge < -0.3 is 9.30 Å².